The van der Waals surface area contributed by atoms with E-state index in [0.717, 1.165) is 18.8 Å². The van der Waals surface area contributed by atoms with Gasteiger partial charge in [-0.15, -0.1) is 11.3 Å². The summed E-state index contributed by atoms with van der Waals surface area (Å²) < 4.78 is 10.6. The van der Waals surface area contributed by atoms with E-state index < -0.39 is 0 Å². The van der Waals surface area contributed by atoms with Crippen LogP contribution >= 0.6 is 24.0 Å². The van der Waals surface area contributed by atoms with E-state index in [1.54, 1.807) is 11.3 Å². The average molecular weight is 232 g/mol. The van der Waals surface area contributed by atoms with Crippen molar-refractivity contribution in [3.63, 3.8) is 0 Å². The Hall–Kier alpha value is -0.0300. The van der Waals surface area contributed by atoms with Gasteiger partial charge < -0.3 is 9.47 Å². The Balaban J connectivity index is 1.85. The normalized spacial score (nSPS) is 10.6. The van der Waals surface area contributed by atoms with Crippen LogP contribution in [0.3, 0.4) is 0 Å². The molecule has 0 aliphatic rings. The van der Waals surface area contributed by atoms with Crippen LogP contribution in [-0.4, -0.2) is 32.2 Å². The van der Waals surface area contributed by atoms with Crippen molar-refractivity contribution in [1.29, 1.82) is 0 Å². The predicted molar refractivity (Wildman–Crippen MR) is 63.5 cm³/mol. The smallest absolute Gasteiger partial charge is 0.0700 e. The standard InChI is InChI=1S/C10H16O2S2/c13-8-7-12-6-5-11-4-3-10-2-1-9-14-10/h1-2,9,13H,3-8H2. The van der Waals surface area contributed by atoms with Gasteiger partial charge in [0.1, 0.15) is 0 Å². The number of hydrogen-bond acceptors (Lipinski definition) is 4. The lowest BCUT2D eigenvalue weighted by Gasteiger charge is -2.03. The fraction of sp³-hybridized carbons (Fsp3) is 0.600. The molecule has 0 bridgehead atoms. The third-order valence-electron chi connectivity index (χ3n) is 1.68. The highest BCUT2D eigenvalue weighted by Crippen LogP contribution is 2.08. The number of rotatable bonds is 8. The minimum Gasteiger partial charge on any atom is -0.379 e. The summed E-state index contributed by atoms with van der Waals surface area (Å²) in [6, 6.07) is 4.20. The number of hydrogen-bond donors (Lipinski definition) is 1. The lowest BCUT2D eigenvalue weighted by atomic mass is 10.4. The van der Waals surface area contributed by atoms with Gasteiger partial charge in [0.2, 0.25) is 0 Å². The molecule has 0 saturated carbocycles. The van der Waals surface area contributed by atoms with Crippen LogP contribution < -0.4 is 0 Å². The van der Waals surface area contributed by atoms with Crippen molar-refractivity contribution in [1.82, 2.24) is 0 Å². The lowest BCUT2D eigenvalue weighted by Crippen LogP contribution is -2.07. The molecule has 1 rings (SSSR count). The predicted octanol–water partition coefficient (Wildman–Crippen LogP) is 2.25. The molecule has 1 aromatic rings. The molecule has 0 aromatic carbocycles. The SMILES string of the molecule is SCCOCCOCCc1cccs1. The van der Waals surface area contributed by atoms with Crippen LogP contribution in [0, 0.1) is 0 Å². The Labute approximate surface area is 94.6 Å². The maximum atomic E-state index is 5.41. The van der Waals surface area contributed by atoms with Crippen LogP contribution in [0.1, 0.15) is 4.88 Å². The van der Waals surface area contributed by atoms with Gasteiger partial charge >= 0.3 is 0 Å². The van der Waals surface area contributed by atoms with Crippen LogP contribution in [0.4, 0.5) is 0 Å². The van der Waals surface area contributed by atoms with Crippen molar-refractivity contribution < 1.29 is 9.47 Å². The van der Waals surface area contributed by atoms with E-state index in [1.807, 2.05) is 0 Å². The van der Waals surface area contributed by atoms with Gasteiger partial charge in [-0.25, -0.2) is 0 Å². The second-order valence-electron chi connectivity index (χ2n) is 2.78. The molecule has 0 aliphatic carbocycles. The highest BCUT2D eigenvalue weighted by molar-refractivity contribution is 7.80. The molecule has 0 unspecified atom stereocenters. The Morgan fingerprint density at radius 3 is 2.57 bits per heavy atom. The molecule has 0 fully saturated rings. The second-order valence-corrected chi connectivity index (χ2v) is 4.26. The van der Waals surface area contributed by atoms with E-state index in [1.165, 1.54) is 4.88 Å². The molecule has 0 aliphatic heterocycles. The average Bonchev–Trinajstić information content (AvgIpc) is 2.69. The zero-order valence-electron chi connectivity index (χ0n) is 8.15. The number of thiol groups is 1. The molecule has 0 radical (unpaired) electrons. The molecule has 0 saturated heterocycles. The molecule has 1 aromatic heterocycles. The van der Waals surface area contributed by atoms with E-state index in [9.17, 15) is 0 Å². The summed E-state index contributed by atoms with van der Waals surface area (Å²) in [4.78, 5) is 1.38. The summed E-state index contributed by atoms with van der Waals surface area (Å²) >= 11 is 5.81. The minimum absolute atomic E-state index is 0.672. The van der Waals surface area contributed by atoms with Crippen LogP contribution in [0.2, 0.25) is 0 Å². The molecule has 80 valence electrons. The summed E-state index contributed by atoms with van der Waals surface area (Å²) in [7, 11) is 0. The Morgan fingerprint density at radius 1 is 1.14 bits per heavy atom. The zero-order valence-corrected chi connectivity index (χ0v) is 9.86. The molecule has 1 heterocycles. The van der Waals surface area contributed by atoms with E-state index >= 15 is 0 Å². The molecule has 0 N–H and O–H groups in total. The van der Waals surface area contributed by atoms with E-state index in [0.29, 0.717) is 19.8 Å². The summed E-state index contributed by atoms with van der Waals surface area (Å²) in [5.41, 5.74) is 0. The van der Waals surface area contributed by atoms with Gasteiger partial charge in [0, 0.05) is 17.1 Å². The van der Waals surface area contributed by atoms with Gasteiger partial charge in [0.25, 0.3) is 0 Å². The molecule has 0 atom stereocenters. The van der Waals surface area contributed by atoms with E-state index in [-0.39, 0.29) is 0 Å². The molecule has 14 heavy (non-hydrogen) atoms. The largest absolute Gasteiger partial charge is 0.379 e. The quantitative estimate of drug-likeness (QED) is 0.547. The van der Waals surface area contributed by atoms with Crippen LogP contribution in [0.5, 0.6) is 0 Å². The maximum absolute atomic E-state index is 5.41. The fourth-order valence-electron chi connectivity index (χ4n) is 1.01. The molecule has 0 spiro atoms. The van der Waals surface area contributed by atoms with Crippen LogP contribution in [0.15, 0.2) is 17.5 Å². The molecular weight excluding hydrogens is 216 g/mol. The molecule has 2 nitrogen and oxygen atoms in total. The highest BCUT2D eigenvalue weighted by atomic mass is 32.1. The van der Waals surface area contributed by atoms with Crippen molar-refractivity contribution in [3.8, 4) is 0 Å². The summed E-state index contributed by atoms with van der Waals surface area (Å²) in [6.07, 6.45) is 1.00. The molecule has 0 amide bonds. The monoisotopic (exact) mass is 232 g/mol. The first-order valence-electron chi connectivity index (χ1n) is 4.72. The topological polar surface area (TPSA) is 18.5 Å². The van der Waals surface area contributed by atoms with Crippen molar-refractivity contribution >= 4 is 24.0 Å². The number of ether oxygens (including phenoxy) is 2. The highest BCUT2D eigenvalue weighted by Gasteiger charge is 1.93. The Kier molecular flexibility index (Phi) is 7.13. The van der Waals surface area contributed by atoms with Crippen LogP contribution in [-0.2, 0) is 15.9 Å². The van der Waals surface area contributed by atoms with Crippen LogP contribution in [0.25, 0.3) is 0 Å². The van der Waals surface area contributed by atoms with Gasteiger partial charge in [-0.2, -0.15) is 12.6 Å². The lowest BCUT2D eigenvalue weighted by molar-refractivity contribution is 0.0553. The van der Waals surface area contributed by atoms with Gasteiger partial charge in [0.05, 0.1) is 26.4 Å². The summed E-state index contributed by atoms with van der Waals surface area (Å²) in [5, 5.41) is 2.09. The molecular formula is C10H16O2S2. The van der Waals surface area contributed by atoms with Crippen molar-refractivity contribution in [2.45, 2.75) is 6.42 Å². The molecule has 4 heteroatoms. The Morgan fingerprint density at radius 2 is 1.93 bits per heavy atom. The van der Waals surface area contributed by atoms with Crippen molar-refractivity contribution in [2.24, 2.45) is 0 Å². The third-order valence-corrected chi connectivity index (χ3v) is 2.80. The minimum atomic E-state index is 0.672. The second kappa shape index (κ2) is 8.29. The van der Waals surface area contributed by atoms with Gasteiger partial charge in [0.15, 0.2) is 0 Å². The first kappa shape index (κ1) is 12.0. The summed E-state index contributed by atoms with van der Waals surface area (Å²) in [6.45, 7) is 2.84. The zero-order chi connectivity index (χ0) is 10.1. The first-order valence-corrected chi connectivity index (χ1v) is 6.23. The first-order chi connectivity index (χ1) is 6.93. The fourth-order valence-corrected chi connectivity index (χ4v) is 1.83. The number of thiophene rings is 1. The van der Waals surface area contributed by atoms with E-state index in [4.69, 9.17) is 9.47 Å². The maximum Gasteiger partial charge on any atom is 0.0700 e. The summed E-state index contributed by atoms with van der Waals surface area (Å²) in [5.74, 6) is 0.773. The van der Waals surface area contributed by atoms with E-state index in [2.05, 4.69) is 30.1 Å². The van der Waals surface area contributed by atoms with Gasteiger partial charge in [-0.1, -0.05) is 6.07 Å². The third kappa shape index (κ3) is 5.65. The van der Waals surface area contributed by atoms with Crippen molar-refractivity contribution in [3.05, 3.63) is 22.4 Å². The Bertz CT molecular complexity index is 212. The van der Waals surface area contributed by atoms with Crippen molar-refractivity contribution in [2.75, 3.05) is 32.2 Å². The van der Waals surface area contributed by atoms with Gasteiger partial charge in [-0.05, 0) is 11.4 Å². The van der Waals surface area contributed by atoms with Gasteiger partial charge in [-0.3, -0.25) is 0 Å².